The molecule has 2 N–H and O–H groups in total. The number of halogens is 1. The van der Waals surface area contributed by atoms with Crippen molar-refractivity contribution in [3.63, 3.8) is 0 Å². The van der Waals surface area contributed by atoms with E-state index in [1.54, 1.807) is 6.92 Å². The number of hydrogen-bond acceptors (Lipinski definition) is 4. The zero-order chi connectivity index (χ0) is 15.3. The predicted octanol–water partition coefficient (Wildman–Crippen LogP) is 1.44. The Balaban J connectivity index is 3.18. The van der Waals surface area contributed by atoms with E-state index >= 15 is 0 Å². The number of amides is 1. The summed E-state index contributed by atoms with van der Waals surface area (Å²) in [6, 6.07) is 1.27. The van der Waals surface area contributed by atoms with Gasteiger partial charge in [0.2, 0.25) is 0 Å². The molecule has 0 aromatic heterocycles. The van der Waals surface area contributed by atoms with Crippen LogP contribution in [0.15, 0.2) is 12.1 Å². The predicted molar refractivity (Wildman–Crippen MR) is 68.7 cm³/mol. The minimum atomic E-state index is -1.19. The van der Waals surface area contributed by atoms with Crippen LogP contribution in [0.4, 0.5) is 4.39 Å². The molecule has 0 radical (unpaired) electrons. The lowest BCUT2D eigenvalue weighted by molar-refractivity contribution is -0.139. The van der Waals surface area contributed by atoms with Gasteiger partial charge < -0.3 is 19.9 Å². The normalized spacial score (nSPS) is 11.6. The maximum absolute atomic E-state index is 13.8. The SMILES string of the molecule is CCC(NC(=O)c1c(F)ccc(OC)c1OC)C(=O)O. The molecule has 1 atom stereocenters. The molecule has 7 heteroatoms. The van der Waals surface area contributed by atoms with Crippen molar-refractivity contribution in [2.24, 2.45) is 0 Å². The summed E-state index contributed by atoms with van der Waals surface area (Å²) >= 11 is 0. The van der Waals surface area contributed by atoms with Crippen LogP contribution in [-0.4, -0.2) is 37.2 Å². The molecule has 1 unspecified atom stereocenters. The lowest BCUT2D eigenvalue weighted by Crippen LogP contribution is -2.40. The van der Waals surface area contributed by atoms with Crippen LogP contribution in [0.3, 0.4) is 0 Å². The van der Waals surface area contributed by atoms with Gasteiger partial charge in [0.15, 0.2) is 11.5 Å². The molecule has 1 rings (SSSR count). The average Bonchev–Trinajstić information content (AvgIpc) is 2.43. The van der Waals surface area contributed by atoms with Gasteiger partial charge in [-0.15, -0.1) is 0 Å². The number of methoxy groups -OCH3 is 2. The van der Waals surface area contributed by atoms with Crippen LogP contribution >= 0.6 is 0 Å². The van der Waals surface area contributed by atoms with E-state index in [1.165, 1.54) is 20.3 Å². The number of aliphatic carboxylic acids is 1. The third-order valence-electron chi connectivity index (χ3n) is 2.73. The molecule has 0 aliphatic rings. The summed E-state index contributed by atoms with van der Waals surface area (Å²) in [6.07, 6.45) is 0.176. The van der Waals surface area contributed by atoms with E-state index in [9.17, 15) is 14.0 Å². The molecule has 1 aromatic rings. The third kappa shape index (κ3) is 3.17. The Hall–Kier alpha value is -2.31. The van der Waals surface area contributed by atoms with E-state index in [2.05, 4.69) is 5.32 Å². The molecule has 0 bridgehead atoms. The van der Waals surface area contributed by atoms with Gasteiger partial charge in [-0.25, -0.2) is 9.18 Å². The Bertz CT molecular complexity index is 518. The molecule has 0 saturated carbocycles. The molecule has 0 aliphatic heterocycles. The first kappa shape index (κ1) is 15.7. The van der Waals surface area contributed by atoms with Gasteiger partial charge >= 0.3 is 5.97 Å². The quantitative estimate of drug-likeness (QED) is 0.826. The van der Waals surface area contributed by atoms with Crippen molar-refractivity contribution in [3.8, 4) is 11.5 Å². The number of carboxylic acids is 1. The first-order valence-electron chi connectivity index (χ1n) is 5.90. The highest BCUT2D eigenvalue weighted by Crippen LogP contribution is 2.32. The van der Waals surface area contributed by atoms with Gasteiger partial charge in [-0.05, 0) is 18.6 Å². The van der Waals surface area contributed by atoms with Crippen LogP contribution in [0.1, 0.15) is 23.7 Å². The Morgan fingerprint density at radius 2 is 2.00 bits per heavy atom. The van der Waals surface area contributed by atoms with Crippen molar-refractivity contribution in [2.75, 3.05) is 14.2 Å². The minimum Gasteiger partial charge on any atom is -0.493 e. The second-order valence-corrected chi connectivity index (χ2v) is 3.93. The first-order valence-corrected chi connectivity index (χ1v) is 5.90. The number of nitrogens with one attached hydrogen (secondary N) is 1. The largest absolute Gasteiger partial charge is 0.493 e. The summed E-state index contributed by atoms with van der Waals surface area (Å²) in [5.41, 5.74) is -0.383. The Morgan fingerprint density at radius 3 is 2.45 bits per heavy atom. The molecule has 6 nitrogen and oxygen atoms in total. The number of carboxylic acid groups (broad SMARTS) is 1. The van der Waals surface area contributed by atoms with Crippen LogP contribution < -0.4 is 14.8 Å². The molecule has 1 amide bonds. The molecule has 0 fully saturated rings. The third-order valence-corrected chi connectivity index (χ3v) is 2.73. The van der Waals surface area contributed by atoms with Gasteiger partial charge in [0, 0.05) is 0 Å². The number of carbonyl (C=O) groups excluding carboxylic acids is 1. The van der Waals surface area contributed by atoms with Crippen LogP contribution in [0.2, 0.25) is 0 Å². The van der Waals surface area contributed by atoms with E-state index in [1.807, 2.05) is 0 Å². The van der Waals surface area contributed by atoms with Crippen molar-refractivity contribution in [1.82, 2.24) is 5.32 Å². The number of rotatable bonds is 6. The van der Waals surface area contributed by atoms with Gasteiger partial charge in [-0.2, -0.15) is 0 Å². The number of benzene rings is 1. The van der Waals surface area contributed by atoms with Crippen LogP contribution in [0.25, 0.3) is 0 Å². The number of ether oxygens (including phenoxy) is 2. The number of carbonyl (C=O) groups is 2. The van der Waals surface area contributed by atoms with Crippen molar-refractivity contribution in [1.29, 1.82) is 0 Å². The van der Waals surface area contributed by atoms with E-state index in [0.717, 1.165) is 6.07 Å². The monoisotopic (exact) mass is 285 g/mol. The molecule has 0 saturated heterocycles. The Labute approximate surface area is 115 Å². The van der Waals surface area contributed by atoms with Crippen molar-refractivity contribution in [2.45, 2.75) is 19.4 Å². The summed E-state index contributed by atoms with van der Waals surface area (Å²) in [4.78, 5) is 22.9. The fraction of sp³-hybridized carbons (Fsp3) is 0.385. The van der Waals surface area contributed by atoms with E-state index in [0.29, 0.717) is 0 Å². The van der Waals surface area contributed by atoms with Crippen molar-refractivity contribution in [3.05, 3.63) is 23.5 Å². The first-order chi connectivity index (χ1) is 9.46. The summed E-state index contributed by atoms with van der Waals surface area (Å²) in [5, 5.41) is 11.1. The fourth-order valence-corrected chi connectivity index (χ4v) is 1.68. The molecule has 20 heavy (non-hydrogen) atoms. The summed E-state index contributed by atoms with van der Waals surface area (Å²) < 4.78 is 23.8. The van der Waals surface area contributed by atoms with E-state index in [4.69, 9.17) is 14.6 Å². The summed E-state index contributed by atoms with van der Waals surface area (Å²) in [7, 11) is 2.62. The Morgan fingerprint density at radius 1 is 1.35 bits per heavy atom. The van der Waals surface area contributed by atoms with Gasteiger partial charge in [0.25, 0.3) is 5.91 Å². The zero-order valence-corrected chi connectivity index (χ0v) is 11.4. The highest BCUT2D eigenvalue weighted by molar-refractivity contribution is 6.00. The molecule has 0 aliphatic carbocycles. The molecule has 0 spiro atoms. The molecule has 0 heterocycles. The van der Waals surface area contributed by atoms with Crippen LogP contribution in [0.5, 0.6) is 11.5 Å². The van der Waals surface area contributed by atoms with Gasteiger partial charge in [0.1, 0.15) is 17.4 Å². The van der Waals surface area contributed by atoms with Crippen LogP contribution in [0, 0.1) is 5.82 Å². The van der Waals surface area contributed by atoms with Crippen molar-refractivity contribution >= 4 is 11.9 Å². The molecular formula is C13H16FNO5. The topological polar surface area (TPSA) is 84.9 Å². The lowest BCUT2D eigenvalue weighted by atomic mass is 10.1. The maximum Gasteiger partial charge on any atom is 0.326 e. The molecular weight excluding hydrogens is 269 g/mol. The van der Waals surface area contributed by atoms with Gasteiger partial charge in [0.05, 0.1) is 14.2 Å². The maximum atomic E-state index is 13.8. The van der Waals surface area contributed by atoms with Gasteiger partial charge in [-0.3, -0.25) is 4.79 Å². The summed E-state index contributed by atoms with van der Waals surface area (Å²) in [6.45, 7) is 1.60. The van der Waals surface area contributed by atoms with Crippen molar-refractivity contribution < 1.29 is 28.6 Å². The molecule has 1 aromatic carbocycles. The minimum absolute atomic E-state index is 0.0785. The fourth-order valence-electron chi connectivity index (χ4n) is 1.68. The number of hydrogen-bond donors (Lipinski definition) is 2. The molecule has 110 valence electrons. The summed E-state index contributed by atoms with van der Waals surface area (Å²) in [5.74, 6) is -2.77. The Kier molecular flexibility index (Phi) is 5.31. The van der Waals surface area contributed by atoms with E-state index < -0.39 is 23.7 Å². The average molecular weight is 285 g/mol. The zero-order valence-electron chi connectivity index (χ0n) is 11.4. The van der Waals surface area contributed by atoms with E-state index in [-0.39, 0.29) is 23.5 Å². The highest BCUT2D eigenvalue weighted by Gasteiger charge is 2.25. The second-order valence-electron chi connectivity index (χ2n) is 3.93. The van der Waals surface area contributed by atoms with Crippen LogP contribution in [-0.2, 0) is 4.79 Å². The highest BCUT2D eigenvalue weighted by atomic mass is 19.1. The smallest absolute Gasteiger partial charge is 0.326 e. The standard InChI is InChI=1S/C13H16FNO5/c1-4-8(13(17)18)15-12(16)10-7(14)5-6-9(19-2)11(10)20-3/h5-6,8H,4H2,1-3H3,(H,15,16)(H,17,18). The van der Waals surface area contributed by atoms with Gasteiger partial charge in [-0.1, -0.05) is 6.92 Å². The second kappa shape index (κ2) is 6.74. The lowest BCUT2D eigenvalue weighted by Gasteiger charge is -2.16.